The Balaban J connectivity index is 1.27. The van der Waals surface area contributed by atoms with E-state index in [9.17, 15) is 22.4 Å². The molecule has 3 heterocycles. The largest absolute Gasteiger partial charge is 0.367 e. The third-order valence-corrected chi connectivity index (χ3v) is 7.30. The van der Waals surface area contributed by atoms with E-state index in [4.69, 9.17) is 0 Å². The Morgan fingerprint density at radius 2 is 1.69 bits per heavy atom. The van der Waals surface area contributed by atoms with Crippen molar-refractivity contribution in [3.8, 4) is 11.1 Å². The fraction of sp³-hybridized carbons (Fsp3) is 0.280. The molecule has 9 nitrogen and oxygen atoms in total. The molecular weight excluding hydrogens is 485 g/mol. The number of aromatic nitrogens is 2. The highest BCUT2D eigenvalue weighted by Gasteiger charge is 2.31. The van der Waals surface area contributed by atoms with Crippen molar-refractivity contribution in [1.82, 2.24) is 19.8 Å². The average Bonchev–Trinajstić information content (AvgIpc) is 3.18. The maximum absolute atomic E-state index is 14.1. The van der Waals surface area contributed by atoms with Crippen LogP contribution in [0.2, 0.25) is 0 Å². The zero-order valence-corrected chi connectivity index (χ0v) is 20.4. The van der Waals surface area contributed by atoms with Crippen LogP contribution >= 0.6 is 0 Å². The first-order chi connectivity index (χ1) is 17.2. The van der Waals surface area contributed by atoms with Crippen molar-refractivity contribution in [2.24, 2.45) is 0 Å². The number of carbonyl (C=O) groups is 2. The molecule has 0 N–H and O–H groups in total. The monoisotopic (exact) mass is 509 g/mol. The number of sulfone groups is 1. The third-order valence-electron chi connectivity index (χ3n) is 6.42. The van der Waals surface area contributed by atoms with Gasteiger partial charge >= 0.3 is 0 Å². The quantitative estimate of drug-likeness (QED) is 0.485. The van der Waals surface area contributed by atoms with Gasteiger partial charge in [0.15, 0.2) is 0 Å². The Bertz CT molecular complexity index is 1440. The van der Waals surface area contributed by atoms with Gasteiger partial charge in [-0.3, -0.25) is 9.59 Å². The molecule has 2 aliphatic heterocycles. The van der Waals surface area contributed by atoms with Crippen LogP contribution in [-0.4, -0.2) is 79.0 Å². The summed E-state index contributed by atoms with van der Waals surface area (Å²) in [5, 5.41) is -0.295. The number of anilines is 1. The Hall–Kier alpha value is -3.86. The number of fused-ring (bicyclic) bond motifs is 1. The molecule has 0 aliphatic carbocycles. The summed E-state index contributed by atoms with van der Waals surface area (Å²) in [6, 6.07) is 11.8. The lowest BCUT2D eigenvalue weighted by Crippen LogP contribution is -2.51. The van der Waals surface area contributed by atoms with E-state index in [1.807, 2.05) is 23.1 Å². The normalized spacial score (nSPS) is 15.8. The standard InChI is InChI=1S/C25H24FN5O4S/c1-36(34,35)25-27-13-18(14-28-25)21-12-19(26)6-7-22(21)29-8-10-30(11-9-29)23(32)16-31-15-17-4-2-3-5-20(17)24(31)33/h2-7,12-14H,8-11,15-16H2,1H3. The number of halogens is 1. The topological polar surface area (TPSA) is 104 Å². The number of piperazine rings is 1. The maximum Gasteiger partial charge on any atom is 0.254 e. The summed E-state index contributed by atoms with van der Waals surface area (Å²) in [6.45, 7) is 2.39. The molecule has 11 heteroatoms. The predicted molar refractivity (Wildman–Crippen MR) is 131 cm³/mol. The third kappa shape index (κ3) is 4.66. The number of nitrogens with zero attached hydrogens (tertiary/aromatic N) is 5. The summed E-state index contributed by atoms with van der Waals surface area (Å²) in [5.41, 5.74) is 3.34. The SMILES string of the molecule is CS(=O)(=O)c1ncc(-c2cc(F)ccc2N2CCN(C(=O)CN3Cc4ccccc4C3=O)CC2)cn1. The minimum Gasteiger partial charge on any atom is -0.367 e. The number of carbonyl (C=O) groups excluding carboxylic acids is 2. The molecule has 0 unspecified atom stereocenters. The number of rotatable bonds is 5. The zero-order chi connectivity index (χ0) is 25.4. The first-order valence-electron chi connectivity index (χ1n) is 11.4. The zero-order valence-electron chi connectivity index (χ0n) is 19.6. The van der Waals surface area contributed by atoms with Crippen LogP contribution in [0, 0.1) is 5.82 Å². The predicted octanol–water partition coefficient (Wildman–Crippen LogP) is 1.99. The molecule has 0 atom stereocenters. The summed E-state index contributed by atoms with van der Waals surface area (Å²) in [7, 11) is -3.55. The van der Waals surface area contributed by atoms with Crippen LogP contribution in [-0.2, 0) is 21.2 Å². The number of hydrogen-bond donors (Lipinski definition) is 0. The second-order valence-corrected chi connectivity index (χ2v) is 10.8. The summed E-state index contributed by atoms with van der Waals surface area (Å²) in [6.07, 6.45) is 3.76. The Labute approximate surface area is 208 Å². The van der Waals surface area contributed by atoms with E-state index in [-0.39, 0.29) is 23.5 Å². The number of hydrogen-bond acceptors (Lipinski definition) is 7. The Kier molecular flexibility index (Phi) is 6.17. The molecule has 1 aromatic heterocycles. The van der Waals surface area contributed by atoms with Crippen molar-refractivity contribution >= 4 is 27.3 Å². The highest BCUT2D eigenvalue weighted by atomic mass is 32.2. The molecule has 1 fully saturated rings. The van der Waals surface area contributed by atoms with Gasteiger partial charge in [-0.05, 0) is 29.8 Å². The van der Waals surface area contributed by atoms with E-state index in [0.29, 0.717) is 49.4 Å². The fourth-order valence-electron chi connectivity index (χ4n) is 4.56. The second kappa shape index (κ2) is 9.30. The molecule has 2 aliphatic rings. The van der Waals surface area contributed by atoms with Gasteiger partial charge in [0.25, 0.3) is 5.91 Å². The van der Waals surface area contributed by atoms with Gasteiger partial charge in [0, 0.05) is 73.8 Å². The Morgan fingerprint density at radius 3 is 2.36 bits per heavy atom. The molecule has 2 aromatic carbocycles. The van der Waals surface area contributed by atoms with Gasteiger partial charge in [0.05, 0.1) is 0 Å². The van der Waals surface area contributed by atoms with E-state index < -0.39 is 15.7 Å². The first kappa shape index (κ1) is 23.9. The molecule has 36 heavy (non-hydrogen) atoms. The van der Waals surface area contributed by atoms with Gasteiger partial charge in [0.2, 0.25) is 20.9 Å². The fourth-order valence-corrected chi connectivity index (χ4v) is 5.05. The lowest BCUT2D eigenvalue weighted by molar-refractivity contribution is -0.132. The van der Waals surface area contributed by atoms with Crippen molar-refractivity contribution in [3.63, 3.8) is 0 Å². The van der Waals surface area contributed by atoms with Gasteiger partial charge in [-0.25, -0.2) is 22.8 Å². The van der Waals surface area contributed by atoms with Gasteiger partial charge in [0.1, 0.15) is 12.4 Å². The van der Waals surface area contributed by atoms with Gasteiger partial charge < -0.3 is 14.7 Å². The minimum absolute atomic E-state index is 0.0271. The van der Waals surface area contributed by atoms with Crippen molar-refractivity contribution < 1.29 is 22.4 Å². The van der Waals surface area contributed by atoms with Gasteiger partial charge in [-0.15, -0.1) is 0 Å². The van der Waals surface area contributed by atoms with E-state index >= 15 is 0 Å². The van der Waals surface area contributed by atoms with E-state index in [0.717, 1.165) is 17.5 Å². The average molecular weight is 510 g/mol. The highest BCUT2D eigenvalue weighted by molar-refractivity contribution is 7.90. The van der Waals surface area contributed by atoms with Crippen LogP contribution in [0.5, 0.6) is 0 Å². The van der Waals surface area contributed by atoms with E-state index in [2.05, 4.69) is 9.97 Å². The minimum atomic E-state index is -3.55. The maximum atomic E-state index is 14.1. The van der Waals surface area contributed by atoms with Crippen molar-refractivity contribution in [3.05, 3.63) is 71.8 Å². The van der Waals surface area contributed by atoms with Crippen LogP contribution in [0.3, 0.4) is 0 Å². The van der Waals surface area contributed by atoms with Crippen LogP contribution in [0.4, 0.5) is 10.1 Å². The lowest BCUT2D eigenvalue weighted by atomic mass is 10.0. The van der Waals surface area contributed by atoms with Crippen LogP contribution in [0.1, 0.15) is 15.9 Å². The summed E-state index contributed by atoms with van der Waals surface area (Å²) in [4.78, 5) is 38.7. The van der Waals surface area contributed by atoms with Crippen LogP contribution < -0.4 is 4.90 Å². The number of amides is 2. The van der Waals surface area contributed by atoms with Crippen LogP contribution in [0.25, 0.3) is 11.1 Å². The summed E-state index contributed by atoms with van der Waals surface area (Å²) in [5.74, 6) is -0.677. The van der Waals surface area contributed by atoms with Crippen molar-refractivity contribution in [2.75, 3.05) is 43.9 Å². The molecule has 3 aromatic rings. The van der Waals surface area contributed by atoms with Crippen molar-refractivity contribution in [1.29, 1.82) is 0 Å². The smallest absolute Gasteiger partial charge is 0.254 e. The molecule has 0 saturated carbocycles. The van der Waals surface area contributed by atoms with E-state index in [1.165, 1.54) is 24.5 Å². The molecule has 2 amide bonds. The summed E-state index contributed by atoms with van der Waals surface area (Å²) < 4.78 is 37.5. The molecule has 186 valence electrons. The van der Waals surface area contributed by atoms with Gasteiger partial charge in [-0.1, -0.05) is 18.2 Å². The van der Waals surface area contributed by atoms with Crippen molar-refractivity contribution in [2.45, 2.75) is 11.7 Å². The Morgan fingerprint density at radius 1 is 1.00 bits per heavy atom. The van der Waals surface area contributed by atoms with Gasteiger partial charge in [-0.2, -0.15) is 0 Å². The van der Waals surface area contributed by atoms with Crippen LogP contribution in [0.15, 0.2) is 60.0 Å². The van der Waals surface area contributed by atoms with E-state index in [1.54, 1.807) is 21.9 Å². The first-order valence-corrected chi connectivity index (χ1v) is 13.3. The molecule has 0 radical (unpaired) electrons. The molecule has 0 spiro atoms. The summed E-state index contributed by atoms with van der Waals surface area (Å²) >= 11 is 0. The molecular formula is C25H24FN5O4S. The highest BCUT2D eigenvalue weighted by Crippen LogP contribution is 2.32. The lowest BCUT2D eigenvalue weighted by Gasteiger charge is -2.37. The molecule has 1 saturated heterocycles. The second-order valence-electron chi connectivity index (χ2n) is 8.87. The molecule has 5 rings (SSSR count). The number of benzene rings is 2. The molecule has 0 bridgehead atoms.